The summed E-state index contributed by atoms with van der Waals surface area (Å²) in [5.41, 5.74) is 2.83. The Kier molecular flexibility index (Phi) is 11.7. The van der Waals surface area contributed by atoms with Crippen molar-refractivity contribution in [1.29, 1.82) is 0 Å². The van der Waals surface area contributed by atoms with Crippen LogP contribution in [-0.4, -0.2) is 88.4 Å². The highest BCUT2D eigenvalue weighted by Crippen LogP contribution is 2.39. The van der Waals surface area contributed by atoms with E-state index in [0.717, 1.165) is 55.7 Å². The number of benzene rings is 2. The zero-order chi connectivity index (χ0) is 32.5. The molecule has 2 amide bonds. The summed E-state index contributed by atoms with van der Waals surface area (Å²) in [6.07, 6.45) is 2.27. The number of carboxylic acid groups (broad SMARTS) is 1. The van der Waals surface area contributed by atoms with Gasteiger partial charge in [0.2, 0.25) is 0 Å². The molecule has 2 atom stereocenters. The summed E-state index contributed by atoms with van der Waals surface area (Å²) in [4.78, 5) is 29.8. The first-order chi connectivity index (χ1) is 22.4. The largest absolute Gasteiger partial charge is 0.487 e. The normalized spacial score (nSPS) is 19.6. The van der Waals surface area contributed by atoms with Gasteiger partial charge in [-0.05, 0) is 81.4 Å². The number of piperidine rings is 3. The third-order valence-electron chi connectivity index (χ3n) is 8.97. The van der Waals surface area contributed by atoms with Crippen molar-refractivity contribution in [2.75, 3.05) is 39.4 Å². The first-order valence-electron chi connectivity index (χ1n) is 16.4. The van der Waals surface area contributed by atoms with Gasteiger partial charge in [0.1, 0.15) is 12.4 Å². The van der Waals surface area contributed by atoms with E-state index in [9.17, 15) is 14.7 Å². The Morgan fingerprint density at radius 3 is 2.39 bits per heavy atom. The molecule has 1 aromatic heterocycles. The average Bonchev–Trinajstić information content (AvgIpc) is 3.45. The Morgan fingerprint density at radius 1 is 1.02 bits per heavy atom. The molecule has 2 bridgehead atoms. The van der Waals surface area contributed by atoms with Crippen molar-refractivity contribution in [3.8, 4) is 5.75 Å². The fraction of sp³-hybridized carbons (Fsp3) is 0.514. The molecule has 3 aliphatic rings. The third kappa shape index (κ3) is 8.26. The molecule has 3 fully saturated rings. The van der Waals surface area contributed by atoms with Gasteiger partial charge in [0.15, 0.2) is 12.0 Å². The van der Waals surface area contributed by atoms with Gasteiger partial charge in [0, 0.05) is 39.8 Å². The summed E-state index contributed by atoms with van der Waals surface area (Å²) in [5.74, 6) is 0.716. The lowest BCUT2D eigenvalue weighted by molar-refractivity contribution is -0.139. The molecule has 4 heterocycles. The number of rotatable bonds is 16. The van der Waals surface area contributed by atoms with Crippen LogP contribution in [0.5, 0.6) is 5.75 Å². The molecule has 248 valence electrons. The average molecular weight is 634 g/mol. The number of nitrogens with one attached hydrogen (secondary N) is 1. The van der Waals surface area contributed by atoms with Crippen LogP contribution in [0, 0.1) is 5.92 Å². The van der Waals surface area contributed by atoms with Gasteiger partial charge in [-0.2, -0.15) is 5.10 Å². The molecular weight excluding hydrogens is 586 g/mol. The van der Waals surface area contributed by atoms with Gasteiger partial charge < -0.3 is 29.5 Å². The highest BCUT2D eigenvalue weighted by molar-refractivity contribution is 5.92. The molecule has 6 rings (SSSR count). The summed E-state index contributed by atoms with van der Waals surface area (Å²) in [7, 11) is 1.78. The smallest absolute Gasteiger partial charge is 0.408 e. The number of fused-ring (bicyclic) bond motifs is 3. The van der Waals surface area contributed by atoms with E-state index in [2.05, 4.69) is 15.3 Å². The van der Waals surface area contributed by atoms with Crippen molar-refractivity contribution >= 4 is 12.0 Å². The second-order valence-electron chi connectivity index (χ2n) is 12.0. The SMILES string of the molecule is CCOC(CCCNC(=O)c1cc(COc2cccc([C@H](c3ccccc3)N(C(=O)O)[C@H]3CN4CCC3CC4)c2)n(C)n1)OCC. The van der Waals surface area contributed by atoms with E-state index in [0.29, 0.717) is 43.5 Å². The highest BCUT2D eigenvalue weighted by Gasteiger charge is 2.43. The maximum Gasteiger partial charge on any atom is 0.408 e. The Labute approximate surface area is 271 Å². The van der Waals surface area contributed by atoms with Crippen molar-refractivity contribution in [2.24, 2.45) is 13.0 Å². The fourth-order valence-corrected chi connectivity index (χ4v) is 6.67. The molecule has 2 N–H and O–H groups in total. The molecule has 0 radical (unpaired) electrons. The minimum absolute atomic E-state index is 0.0791. The molecule has 0 spiro atoms. The van der Waals surface area contributed by atoms with Crippen molar-refractivity contribution in [3.05, 3.63) is 83.2 Å². The number of aryl methyl sites for hydroxylation is 1. The molecule has 3 aliphatic heterocycles. The predicted octanol–water partition coefficient (Wildman–Crippen LogP) is 5.07. The molecule has 2 aromatic carbocycles. The zero-order valence-electron chi connectivity index (χ0n) is 27.1. The lowest BCUT2D eigenvalue weighted by Gasteiger charge is -2.50. The summed E-state index contributed by atoms with van der Waals surface area (Å²) >= 11 is 0. The van der Waals surface area contributed by atoms with Crippen LogP contribution >= 0.6 is 0 Å². The third-order valence-corrected chi connectivity index (χ3v) is 8.97. The first kappa shape index (κ1) is 33.4. The lowest BCUT2D eigenvalue weighted by atomic mass is 9.81. The van der Waals surface area contributed by atoms with Crippen LogP contribution in [0.4, 0.5) is 4.79 Å². The Morgan fingerprint density at radius 2 is 1.74 bits per heavy atom. The number of aromatic nitrogens is 2. The minimum atomic E-state index is -0.914. The zero-order valence-corrected chi connectivity index (χ0v) is 27.1. The van der Waals surface area contributed by atoms with Crippen LogP contribution in [0.2, 0.25) is 0 Å². The standard InChI is InChI=1S/C35H47N5O6/c1-4-44-32(45-5-2)15-10-18-36-34(41)30-22-28(38(3)37-30)24-46-29-14-9-13-27(21-29)33(26-11-7-6-8-12-26)40(35(42)43)31-23-39-19-16-25(31)17-20-39/h6-9,11-14,21-22,25,31-33H,4-5,10,15-20,23-24H2,1-3H3,(H,36,41)(H,42,43)/t31-,33-/m0/s1. The van der Waals surface area contributed by atoms with Gasteiger partial charge in [-0.1, -0.05) is 42.5 Å². The van der Waals surface area contributed by atoms with E-state index >= 15 is 0 Å². The maximum absolute atomic E-state index is 12.9. The molecule has 0 saturated carbocycles. The number of hydrogen-bond donors (Lipinski definition) is 2. The number of amides is 2. The molecular formula is C35H47N5O6. The van der Waals surface area contributed by atoms with Crippen molar-refractivity contribution in [1.82, 2.24) is 24.9 Å². The van der Waals surface area contributed by atoms with Crippen molar-refractivity contribution < 1.29 is 28.9 Å². The number of hydrogen-bond acceptors (Lipinski definition) is 7. The summed E-state index contributed by atoms with van der Waals surface area (Å²) < 4.78 is 19.0. The topological polar surface area (TPSA) is 118 Å². The van der Waals surface area contributed by atoms with Crippen LogP contribution < -0.4 is 10.1 Å². The van der Waals surface area contributed by atoms with Crippen molar-refractivity contribution in [2.45, 2.75) is 64.5 Å². The highest BCUT2D eigenvalue weighted by atomic mass is 16.7. The van der Waals surface area contributed by atoms with Gasteiger partial charge in [-0.3, -0.25) is 14.4 Å². The number of carbonyl (C=O) groups is 2. The number of ether oxygens (including phenoxy) is 3. The van der Waals surface area contributed by atoms with Crippen LogP contribution in [0.25, 0.3) is 0 Å². The van der Waals surface area contributed by atoms with Crippen molar-refractivity contribution in [3.63, 3.8) is 0 Å². The van der Waals surface area contributed by atoms with Gasteiger partial charge in [-0.25, -0.2) is 4.79 Å². The van der Waals surface area contributed by atoms with Gasteiger partial charge in [0.25, 0.3) is 5.91 Å². The van der Waals surface area contributed by atoms with E-state index in [1.165, 1.54) is 0 Å². The minimum Gasteiger partial charge on any atom is -0.487 e. The van der Waals surface area contributed by atoms with Crippen LogP contribution in [-0.2, 0) is 23.1 Å². The number of nitrogens with zero attached hydrogens (tertiary/aromatic N) is 4. The lowest BCUT2D eigenvalue weighted by Crippen LogP contribution is -2.59. The van der Waals surface area contributed by atoms with E-state index < -0.39 is 12.1 Å². The second kappa shape index (κ2) is 16.1. The van der Waals surface area contributed by atoms with E-state index in [-0.39, 0.29) is 24.8 Å². The van der Waals surface area contributed by atoms with Crippen LogP contribution in [0.1, 0.15) is 72.9 Å². The van der Waals surface area contributed by atoms with Crippen LogP contribution in [0.3, 0.4) is 0 Å². The molecule has 11 nitrogen and oxygen atoms in total. The fourth-order valence-electron chi connectivity index (χ4n) is 6.67. The summed E-state index contributed by atoms with van der Waals surface area (Å²) in [6.45, 7) is 8.53. The van der Waals surface area contributed by atoms with E-state index in [1.54, 1.807) is 22.7 Å². The Bertz CT molecular complexity index is 1420. The summed E-state index contributed by atoms with van der Waals surface area (Å²) in [5, 5.41) is 17.9. The summed E-state index contributed by atoms with van der Waals surface area (Å²) in [6, 6.07) is 18.7. The quantitative estimate of drug-likeness (QED) is 0.166. The molecule has 11 heteroatoms. The Hall–Kier alpha value is -3.93. The molecule has 0 aliphatic carbocycles. The second-order valence-corrected chi connectivity index (χ2v) is 12.0. The first-order valence-corrected chi connectivity index (χ1v) is 16.4. The maximum atomic E-state index is 12.9. The molecule has 0 unspecified atom stereocenters. The van der Waals surface area contributed by atoms with Crippen LogP contribution in [0.15, 0.2) is 60.7 Å². The predicted molar refractivity (Wildman–Crippen MR) is 174 cm³/mol. The molecule has 46 heavy (non-hydrogen) atoms. The molecule has 3 saturated heterocycles. The Balaban J connectivity index is 1.26. The monoisotopic (exact) mass is 633 g/mol. The van der Waals surface area contributed by atoms with Gasteiger partial charge in [-0.15, -0.1) is 0 Å². The molecule has 3 aromatic rings. The van der Waals surface area contributed by atoms with Gasteiger partial charge in [0.05, 0.1) is 17.8 Å². The van der Waals surface area contributed by atoms with E-state index in [4.69, 9.17) is 14.2 Å². The van der Waals surface area contributed by atoms with Gasteiger partial charge >= 0.3 is 6.09 Å². The van der Waals surface area contributed by atoms with E-state index in [1.807, 2.05) is 68.4 Å². The number of carbonyl (C=O) groups excluding carboxylic acids is 1.